The Morgan fingerprint density at radius 1 is 1.07 bits per heavy atom. The minimum atomic E-state index is -0.685. The van der Waals surface area contributed by atoms with Crippen LogP contribution in [-0.2, 0) is 20.8 Å². The lowest BCUT2D eigenvalue weighted by atomic mass is 10.1. The summed E-state index contributed by atoms with van der Waals surface area (Å²) in [6.45, 7) is 5.73. The van der Waals surface area contributed by atoms with Crippen LogP contribution in [0.4, 0.5) is 0 Å². The molecule has 0 atom stereocenters. The van der Waals surface area contributed by atoms with Gasteiger partial charge < -0.3 is 19.4 Å². The summed E-state index contributed by atoms with van der Waals surface area (Å²) in [5.41, 5.74) is 2.39. The molecule has 0 spiro atoms. The molecule has 0 unspecified atom stereocenters. The maximum absolute atomic E-state index is 12.4. The summed E-state index contributed by atoms with van der Waals surface area (Å²) in [4.78, 5) is 41.0. The number of ether oxygens (including phenoxy) is 2. The van der Waals surface area contributed by atoms with Crippen LogP contribution in [0.15, 0.2) is 30.3 Å². The quantitative estimate of drug-likeness (QED) is 0.755. The third-order valence-electron chi connectivity index (χ3n) is 4.31. The van der Waals surface area contributed by atoms with E-state index in [1.54, 1.807) is 18.7 Å². The van der Waals surface area contributed by atoms with Gasteiger partial charge in [0.25, 0.3) is 5.91 Å². The molecule has 0 saturated heterocycles. The summed E-state index contributed by atoms with van der Waals surface area (Å²) in [6, 6.07) is 9.58. The summed E-state index contributed by atoms with van der Waals surface area (Å²) in [6.07, 6.45) is 0. The lowest BCUT2D eigenvalue weighted by molar-refractivity contribution is -0.135. The Labute approximate surface area is 158 Å². The normalized spacial score (nSPS) is 10.4. The zero-order chi connectivity index (χ0) is 20.0. The molecule has 27 heavy (non-hydrogen) atoms. The van der Waals surface area contributed by atoms with Gasteiger partial charge in [-0.05, 0) is 31.9 Å². The first kappa shape index (κ1) is 20.2. The third-order valence-corrected chi connectivity index (χ3v) is 4.31. The van der Waals surface area contributed by atoms with E-state index >= 15 is 0 Å². The number of aromatic amines is 1. The molecule has 0 aliphatic heterocycles. The van der Waals surface area contributed by atoms with Gasteiger partial charge in [-0.3, -0.25) is 4.79 Å². The Morgan fingerprint density at radius 2 is 1.74 bits per heavy atom. The number of carbonyl (C=O) groups excluding carboxylic acids is 3. The average Bonchev–Trinajstić information content (AvgIpc) is 2.98. The molecule has 7 nitrogen and oxygen atoms in total. The number of nitrogens with one attached hydrogen (secondary N) is 1. The van der Waals surface area contributed by atoms with Crippen molar-refractivity contribution in [1.82, 2.24) is 9.88 Å². The van der Waals surface area contributed by atoms with Crippen molar-refractivity contribution in [3.63, 3.8) is 0 Å². The number of carbonyl (C=O) groups is 3. The fourth-order valence-electron chi connectivity index (χ4n) is 2.83. The molecule has 1 aromatic heterocycles. The predicted molar refractivity (Wildman–Crippen MR) is 99.4 cm³/mol. The Hall–Kier alpha value is -3.09. The number of rotatable bonds is 7. The number of amides is 1. The molecule has 1 heterocycles. The molecule has 2 aromatic rings. The highest BCUT2D eigenvalue weighted by molar-refractivity contribution is 5.99. The number of nitrogens with zero attached hydrogens (tertiary/aromatic N) is 1. The van der Waals surface area contributed by atoms with Crippen LogP contribution < -0.4 is 0 Å². The van der Waals surface area contributed by atoms with Crippen molar-refractivity contribution in [3.8, 4) is 0 Å². The third kappa shape index (κ3) is 4.75. The van der Waals surface area contributed by atoms with Gasteiger partial charge in [-0.2, -0.15) is 0 Å². The van der Waals surface area contributed by atoms with Crippen molar-refractivity contribution >= 4 is 17.8 Å². The van der Waals surface area contributed by atoms with Crippen LogP contribution in [0.5, 0.6) is 0 Å². The maximum atomic E-state index is 12.4. The van der Waals surface area contributed by atoms with Gasteiger partial charge in [0.1, 0.15) is 5.69 Å². The number of H-pyrrole nitrogens is 1. The van der Waals surface area contributed by atoms with Gasteiger partial charge in [-0.1, -0.05) is 30.3 Å². The Bertz CT molecular complexity index is 826. The van der Waals surface area contributed by atoms with Crippen molar-refractivity contribution in [2.45, 2.75) is 27.3 Å². The van der Waals surface area contributed by atoms with Gasteiger partial charge >= 0.3 is 11.9 Å². The van der Waals surface area contributed by atoms with E-state index in [1.165, 1.54) is 7.11 Å². The summed E-state index contributed by atoms with van der Waals surface area (Å²) >= 11 is 0. The molecule has 0 radical (unpaired) electrons. The second-order valence-corrected chi connectivity index (χ2v) is 6.09. The Balaban J connectivity index is 2.02. The lowest BCUT2D eigenvalue weighted by Crippen LogP contribution is -2.34. The van der Waals surface area contributed by atoms with Crippen LogP contribution >= 0.6 is 0 Å². The topological polar surface area (TPSA) is 88.7 Å². The van der Waals surface area contributed by atoms with Crippen molar-refractivity contribution < 1.29 is 23.9 Å². The fraction of sp³-hybridized carbons (Fsp3) is 0.350. The highest BCUT2D eigenvalue weighted by Gasteiger charge is 2.24. The summed E-state index contributed by atoms with van der Waals surface area (Å²) < 4.78 is 9.88. The molecule has 7 heteroatoms. The number of methoxy groups -OCH3 is 1. The van der Waals surface area contributed by atoms with Crippen LogP contribution in [0.2, 0.25) is 0 Å². The summed E-state index contributed by atoms with van der Waals surface area (Å²) in [5.74, 6) is -1.50. The van der Waals surface area contributed by atoms with Crippen molar-refractivity contribution in [2.24, 2.45) is 0 Å². The SMILES string of the molecule is CCN(Cc1ccccc1)C(=O)COC(=O)c1[nH]c(C)c(C(=O)OC)c1C. The molecule has 1 aromatic carbocycles. The van der Waals surface area contributed by atoms with Crippen LogP contribution in [0, 0.1) is 13.8 Å². The van der Waals surface area contributed by atoms with E-state index in [-0.39, 0.29) is 18.2 Å². The van der Waals surface area contributed by atoms with E-state index in [4.69, 9.17) is 9.47 Å². The number of esters is 2. The number of aryl methyl sites for hydroxylation is 1. The molecule has 1 amide bonds. The molecular weight excluding hydrogens is 348 g/mol. The zero-order valence-electron chi connectivity index (χ0n) is 16.0. The molecule has 2 rings (SSSR count). The second-order valence-electron chi connectivity index (χ2n) is 6.09. The van der Waals surface area contributed by atoms with Crippen molar-refractivity contribution in [2.75, 3.05) is 20.3 Å². The highest BCUT2D eigenvalue weighted by Crippen LogP contribution is 2.19. The molecular formula is C20H24N2O5. The monoisotopic (exact) mass is 372 g/mol. The number of aromatic nitrogens is 1. The van der Waals surface area contributed by atoms with Gasteiger partial charge in [0.2, 0.25) is 0 Å². The second kappa shape index (κ2) is 9.02. The first-order chi connectivity index (χ1) is 12.9. The summed E-state index contributed by atoms with van der Waals surface area (Å²) in [7, 11) is 1.27. The number of hydrogen-bond acceptors (Lipinski definition) is 5. The highest BCUT2D eigenvalue weighted by atomic mass is 16.5. The van der Waals surface area contributed by atoms with Gasteiger partial charge in [0.15, 0.2) is 6.61 Å². The summed E-state index contributed by atoms with van der Waals surface area (Å²) in [5, 5.41) is 0. The lowest BCUT2D eigenvalue weighted by Gasteiger charge is -2.20. The predicted octanol–water partition coefficient (Wildman–Crippen LogP) is 2.62. The van der Waals surface area contributed by atoms with E-state index in [2.05, 4.69) is 4.98 Å². The first-order valence-electron chi connectivity index (χ1n) is 8.65. The Morgan fingerprint density at radius 3 is 2.33 bits per heavy atom. The first-order valence-corrected chi connectivity index (χ1v) is 8.65. The van der Waals surface area contributed by atoms with Crippen molar-refractivity contribution in [3.05, 3.63) is 58.4 Å². The van der Waals surface area contributed by atoms with Gasteiger partial charge in [-0.15, -0.1) is 0 Å². The van der Waals surface area contributed by atoms with E-state index < -0.39 is 11.9 Å². The van der Waals surface area contributed by atoms with E-state index in [0.717, 1.165) is 5.56 Å². The largest absolute Gasteiger partial charge is 0.465 e. The van der Waals surface area contributed by atoms with Crippen LogP contribution in [0.3, 0.4) is 0 Å². The van der Waals surface area contributed by atoms with Crippen LogP contribution in [-0.4, -0.2) is 48.0 Å². The molecule has 144 valence electrons. The molecule has 0 saturated carbocycles. The number of benzene rings is 1. The number of hydrogen-bond donors (Lipinski definition) is 1. The minimum absolute atomic E-state index is 0.145. The van der Waals surface area contributed by atoms with Crippen molar-refractivity contribution in [1.29, 1.82) is 0 Å². The van der Waals surface area contributed by atoms with E-state index in [0.29, 0.717) is 29.9 Å². The van der Waals surface area contributed by atoms with Crippen LogP contribution in [0.1, 0.15) is 44.6 Å². The van der Waals surface area contributed by atoms with Crippen LogP contribution in [0.25, 0.3) is 0 Å². The fourth-order valence-corrected chi connectivity index (χ4v) is 2.83. The molecule has 0 aliphatic carbocycles. The van der Waals surface area contributed by atoms with Gasteiger partial charge in [0, 0.05) is 18.8 Å². The average molecular weight is 372 g/mol. The van der Waals surface area contributed by atoms with E-state index in [9.17, 15) is 14.4 Å². The Kier molecular flexibility index (Phi) is 6.76. The minimum Gasteiger partial charge on any atom is -0.465 e. The smallest absolute Gasteiger partial charge is 0.355 e. The molecule has 0 fully saturated rings. The standard InChI is InChI=1S/C20H24N2O5/c1-5-22(11-15-9-7-6-8-10-15)16(23)12-27-20(25)18-13(2)17(14(3)21-18)19(24)26-4/h6-10,21H,5,11-12H2,1-4H3. The van der Waals surface area contributed by atoms with E-state index in [1.807, 2.05) is 37.3 Å². The zero-order valence-corrected chi connectivity index (χ0v) is 16.0. The number of likely N-dealkylation sites (N-methyl/N-ethyl adjacent to an activating group) is 1. The van der Waals surface area contributed by atoms with Gasteiger partial charge in [-0.25, -0.2) is 9.59 Å². The molecule has 1 N–H and O–H groups in total. The maximum Gasteiger partial charge on any atom is 0.355 e. The molecule has 0 aliphatic rings. The van der Waals surface area contributed by atoms with Gasteiger partial charge in [0.05, 0.1) is 12.7 Å². The molecule has 0 bridgehead atoms.